The van der Waals surface area contributed by atoms with E-state index < -0.39 is 0 Å². The van der Waals surface area contributed by atoms with E-state index in [2.05, 4.69) is 22.5 Å². The summed E-state index contributed by atoms with van der Waals surface area (Å²) in [5.74, 6) is 0.499. The lowest BCUT2D eigenvalue weighted by Crippen LogP contribution is -2.42. The van der Waals surface area contributed by atoms with Gasteiger partial charge in [0.15, 0.2) is 0 Å². The third-order valence-corrected chi connectivity index (χ3v) is 4.64. The molecule has 2 aliphatic rings. The Morgan fingerprint density at radius 3 is 2.50 bits per heavy atom. The number of carbonyl (C=O) groups is 1. The average Bonchev–Trinajstić information content (AvgIpc) is 2.72. The van der Waals surface area contributed by atoms with E-state index in [1.165, 1.54) is 38.8 Å². The first-order valence-electron chi connectivity index (χ1n) is 8.49. The molecule has 2 heterocycles. The topological polar surface area (TPSA) is 44.4 Å². The molecule has 4 nitrogen and oxygen atoms in total. The number of nitrogens with one attached hydrogen (secondary N) is 2. The van der Waals surface area contributed by atoms with E-state index in [0.29, 0.717) is 6.04 Å². The zero-order valence-electron chi connectivity index (χ0n) is 13.8. The first kappa shape index (κ1) is 22.0. The summed E-state index contributed by atoms with van der Waals surface area (Å²) in [6, 6.07) is 0.483. The van der Waals surface area contributed by atoms with Crippen molar-refractivity contribution in [1.82, 2.24) is 15.5 Å². The molecule has 0 saturated carbocycles. The van der Waals surface area contributed by atoms with E-state index >= 15 is 0 Å². The number of hydrogen-bond acceptors (Lipinski definition) is 3. The van der Waals surface area contributed by atoms with Crippen molar-refractivity contribution in [2.45, 2.75) is 57.9 Å². The van der Waals surface area contributed by atoms with Crippen molar-refractivity contribution in [1.29, 1.82) is 0 Å². The van der Waals surface area contributed by atoms with Gasteiger partial charge in [0.05, 0.1) is 0 Å². The lowest BCUT2D eigenvalue weighted by Gasteiger charge is -2.27. The molecule has 6 heteroatoms. The zero-order valence-corrected chi connectivity index (χ0v) is 15.4. The third kappa shape index (κ3) is 8.00. The lowest BCUT2D eigenvalue weighted by molar-refractivity contribution is -0.126. The fraction of sp³-hybridized carbons (Fsp3) is 0.938. The molecule has 132 valence electrons. The minimum absolute atomic E-state index is 0. The molecule has 0 aromatic rings. The number of carbonyl (C=O) groups excluding carboxylic acids is 1. The maximum Gasteiger partial charge on any atom is 0.223 e. The van der Waals surface area contributed by atoms with Gasteiger partial charge >= 0.3 is 0 Å². The molecule has 0 radical (unpaired) electrons. The van der Waals surface area contributed by atoms with Crippen LogP contribution in [0, 0.1) is 5.92 Å². The molecular formula is C16H33Cl2N3O. The van der Waals surface area contributed by atoms with Gasteiger partial charge in [-0.25, -0.2) is 0 Å². The van der Waals surface area contributed by atoms with Crippen molar-refractivity contribution in [3.05, 3.63) is 0 Å². The Bertz CT molecular complexity index is 297. The first-order chi connectivity index (χ1) is 9.75. The summed E-state index contributed by atoms with van der Waals surface area (Å²) in [6.45, 7) is 7.63. The molecule has 2 rings (SSSR count). The van der Waals surface area contributed by atoms with Crippen molar-refractivity contribution >= 4 is 30.7 Å². The van der Waals surface area contributed by atoms with E-state index in [0.717, 1.165) is 38.9 Å². The van der Waals surface area contributed by atoms with Gasteiger partial charge in [0.1, 0.15) is 0 Å². The Balaban J connectivity index is 0.00000220. The monoisotopic (exact) mass is 353 g/mol. The van der Waals surface area contributed by atoms with Crippen molar-refractivity contribution in [3.63, 3.8) is 0 Å². The van der Waals surface area contributed by atoms with E-state index in [-0.39, 0.29) is 36.6 Å². The number of amides is 1. The summed E-state index contributed by atoms with van der Waals surface area (Å²) >= 11 is 0. The predicted molar refractivity (Wildman–Crippen MR) is 97.2 cm³/mol. The van der Waals surface area contributed by atoms with Crippen LogP contribution in [-0.4, -0.2) is 49.6 Å². The Morgan fingerprint density at radius 1 is 1.18 bits per heavy atom. The van der Waals surface area contributed by atoms with Gasteiger partial charge in [0, 0.05) is 18.5 Å². The second-order valence-electron chi connectivity index (χ2n) is 6.48. The van der Waals surface area contributed by atoms with Crippen LogP contribution < -0.4 is 10.6 Å². The smallest absolute Gasteiger partial charge is 0.223 e. The SMILES string of the molecule is C[C@H]1C[C@@H](C(=O)NCCCN2CCCCCC2)CCN1.Cl.Cl. The van der Waals surface area contributed by atoms with E-state index in [1.54, 1.807) is 0 Å². The highest BCUT2D eigenvalue weighted by Crippen LogP contribution is 2.16. The normalized spacial score (nSPS) is 26.2. The Morgan fingerprint density at radius 2 is 1.86 bits per heavy atom. The van der Waals surface area contributed by atoms with Crippen LogP contribution in [0.2, 0.25) is 0 Å². The fourth-order valence-corrected chi connectivity index (χ4v) is 3.39. The molecule has 2 N–H and O–H groups in total. The molecule has 22 heavy (non-hydrogen) atoms. The highest BCUT2D eigenvalue weighted by molar-refractivity contribution is 5.85. The molecule has 2 fully saturated rings. The molecule has 2 aliphatic heterocycles. The summed E-state index contributed by atoms with van der Waals surface area (Å²) < 4.78 is 0. The predicted octanol–water partition coefficient (Wildman–Crippen LogP) is 2.60. The van der Waals surface area contributed by atoms with Gasteiger partial charge in [-0.1, -0.05) is 12.8 Å². The van der Waals surface area contributed by atoms with Crippen LogP contribution in [0.3, 0.4) is 0 Å². The molecule has 2 saturated heterocycles. The van der Waals surface area contributed by atoms with Crippen LogP contribution in [0.25, 0.3) is 0 Å². The number of hydrogen-bond donors (Lipinski definition) is 2. The van der Waals surface area contributed by atoms with Crippen LogP contribution in [0.4, 0.5) is 0 Å². The van der Waals surface area contributed by atoms with E-state index in [4.69, 9.17) is 0 Å². The van der Waals surface area contributed by atoms with Crippen molar-refractivity contribution in [3.8, 4) is 0 Å². The Labute approximate surface area is 148 Å². The lowest BCUT2D eigenvalue weighted by atomic mass is 9.92. The highest BCUT2D eigenvalue weighted by Gasteiger charge is 2.24. The molecule has 0 bridgehead atoms. The molecule has 0 aromatic carbocycles. The Hall–Kier alpha value is -0.0300. The largest absolute Gasteiger partial charge is 0.356 e. The molecule has 0 aliphatic carbocycles. The molecular weight excluding hydrogens is 321 g/mol. The van der Waals surface area contributed by atoms with Gasteiger partial charge in [-0.2, -0.15) is 0 Å². The number of piperidine rings is 1. The Kier molecular flexibility index (Phi) is 12.4. The maximum atomic E-state index is 12.1. The third-order valence-electron chi connectivity index (χ3n) is 4.64. The quantitative estimate of drug-likeness (QED) is 0.746. The summed E-state index contributed by atoms with van der Waals surface area (Å²) in [4.78, 5) is 14.7. The van der Waals surface area contributed by atoms with Gasteiger partial charge in [-0.05, 0) is 65.2 Å². The van der Waals surface area contributed by atoms with Crippen LogP contribution in [0.5, 0.6) is 0 Å². The van der Waals surface area contributed by atoms with Crippen LogP contribution >= 0.6 is 24.8 Å². The second kappa shape index (κ2) is 12.4. The van der Waals surface area contributed by atoms with Crippen molar-refractivity contribution < 1.29 is 4.79 Å². The summed E-state index contributed by atoms with van der Waals surface area (Å²) in [5, 5.41) is 6.53. The number of halogens is 2. The van der Waals surface area contributed by atoms with Gasteiger partial charge in [0.2, 0.25) is 5.91 Å². The molecule has 0 unspecified atom stereocenters. The second-order valence-corrected chi connectivity index (χ2v) is 6.48. The fourth-order valence-electron chi connectivity index (χ4n) is 3.39. The van der Waals surface area contributed by atoms with Gasteiger partial charge in [-0.3, -0.25) is 4.79 Å². The summed E-state index contributed by atoms with van der Waals surface area (Å²) in [5.41, 5.74) is 0. The zero-order chi connectivity index (χ0) is 14.2. The minimum Gasteiger partial charge on any atom is -0.356 e. The summed E-state index contributed by atoms with van der Waals surface area (Å²) in [6.07, 6.45) is 8.54. The van der Waals surface area contributed by atoms with E-state index in [1.807, 2.05) is 0 Å². The number of nitrogens with zero attached hydrogens (tertiary/aromatic N) is 1. The van der Waals surface area contributed by atoms with Crippen molar-refractivity contribution in [2.24, 2.45) is 5.92 Å². The minimum atomic E-state index is 0. The standard InChI is InChI=1S/C16H31N3O.2ClH/c1-14-13-15(7-9-17-14)16(20)18-8-6-12-19-10-4-2-3-5-11-19;;/h14-15,17H,2-13H2,1H3,(H,18,20);2*1H/t14-,15-;;/m0../s1. The number of rotatable bonds is 5. The molecule has 0 spiro atoms. The van der Waals surface area contributed by atoms with Crippen LogP contribution in [0.15, 0.2) is 0 Å². The van der Waals surface area contributed by atoms with Gasteiger partial charge in [-0.15, -0.1) is 24.8 Å². The van der Waals surface area contributed by atoms with E-state index in [9.17, 15) is 4.79 Å². The maximum absolute atomic E-state index is 12.1. The van der Waals surface area contributed by atoms with Gasteiger partial charge in [0.25, 0.3) is 0 Å². The average molecular weight is 354 g/mol. The highest BCUT2D eigenvalue weighted by atomic mass is 35.5. The number of likely N-dealkylation sites (tertiary alicyclic amines) is 1. The summed E-state index contributed by atoms with van der Waals surface area (Å²) in [7, 11) is 0. The molecule has 2 atom stereocenters. The van der Waals surface area contributed by atoms with Gasteiger partial charge < -0.3 is 15.5 Å². The van der Waals surface area contributed by atoms with Crippen LogP contribution in [-0.2, 0) is 4.79 Å². The first-order valence-corrected chi connectivity index (χ1v) is 8.49. The van der Waals surface area contributed by atoms with Crippen molar-refractivity contribution in [2.75, 3.05) is 32.7 Å². The molecule has 1 amide bonds. The molecule has 0 aromatic heterocycles. The van der Waals surface area contributed by atoms with Crippen LogP contribution in [0.1, 0.15) is 51.9 Å².